The standard InChI is InChI=1S/C15H16ClN5O.ClH/c1-10-7-12(14-19-20-15(22)21(14)9-10)17-5-2-3-11-4-6-18-13(16)8-11;/h4,6-9,17H,2-3,5H2,1H3,(H,20,22);1H. The second kappa shape index (κ2) is 7.48. The molecule has 0 aliphatic carbocycles. The summed E-state index contributed by atoms with van der Waals surface area (Å²) in [5.41, 5.74) is 3.40. The highest BCUT2D eigenvalue weighted by atomic mass is 35.5. The van der Waals surface area contributed by atoms with Crippen LogP contribution in [0.1, 0.15) is 17.5 Å². The van der Waals surface area contributed by atoms with Crippen molar-refractivity contribution < 1.29 is 0 Å². The predicted octanol–water partition coefficient (Wildman–Crippen LogP) is 2.85. The highest BCUT2D eigenvalue weighted by Crippen LogP contribution is 2.15. The van der Waals surface area contributed by atoms with Gasteiger partial charge in [-0.25, -0.2) is 19.3 Å². The van der Waals surface area contributed by atoms with Gasteiger partial charge in [0.2, 0.25) is 0 Å². The lowest BCUT2D eigenvalue weighted by molar-refractivity contribution is 0.860. The molecule has 6 nitrogen and oxygen atoms in total. The fraction of sp³-hybridized carbons (Fsp3) is 0.267. The summed E-state index contributed by atoms with van der Waals surface area (Å²) in [6, 6.07) is 5.82. The number of halogens is 2. The molecule has 0 saturated carbocycles. The molecular weight excluding hydrogens is 337 g/mol. The van der Waals surface area contributed by atoms with Gasteiger partial charge in [0.25, 0.3) is 0 Å². The number of nitrogens with zero attached hydrogens (tertiary/aromatic N) is 3. The molecule has 0 bridgehead atoms. The van der Waals surface area contributed by atoms with Crippen LogP contribution in [-0.4, -0.2) is 26.1 Å². The number of aromatic amines is 1. The lowest BCUT2D eigenvalue weighted by Crippen LogP contribution is -2.11. The molecule has 23 heavy (non-hydrogen) atoms. The van der Waals surface area contributed by atoms with Crippen LogP contribution in [0.4, 0.5) is 5.69 Å². The van der Waals surface area contributed by atoms with E-state index in [1.54, 1.807) is 12.4 Å². The summed E-state index contributed by atoms with van der Waals surface area (Å²) in [7, 11) is 0. The Bertz CT molecular complexity index is 858. The zero-order valence-electron chi connectivity index (χ0n) is 12.5. The number of rotatable bonds is 5. The van der Waals surface area contributed by atoms with Crippen LogP contribution in [0.2, 0.25) is 5.15 Å². The molecule has 2 N–H and O–H groups in total. The molecule has 0 aromatic carbocycles. The van der Waals surface area contributed by atoms with Gasteiger partial charge < -0.3 is 5.32 Å². The van der Waals surface area contributed by atoms with Crippen molar-refractivity contribution in [3.05, 3.63) is 57.4 Å². The molecule has 3 aromatic heterocycles. The first kappa shape index (κ1) is 17.3. The Morgan fingerprint density at radius 3 is 3.00 bits per heavy atom. The smallest absolute Gasteiger partial charge is 0.347 e. The van der Waals surface area contributed by atoms with Crippen LogP contribution in [0, 0.1) is 6.92 Å². The van der Waals surface area contributed by atoms with E-state index >= 15 is 0 Å². The molecule has 3 rings (SSSR count). The van der Waals surface area contributed by atoms with Crippen LogP contribution in [0.25, 0.3) is 5.65 Å². The molecule has 0 aliphatic rings. The van der Waals surface area contributed by atoms with Gasteiger partial charge in [0.15, 0.2) is 5.65 Å². The van der Waals surface area contributed by atoms with Crippen LogP contribution >= 0.6 is 24.0 Å². The number of H-pyrrole nitrogens is 1. The third-order valence-electron chi connectivity index (χ3n) is 3.40. The van der Waals surface area contributed by atoms with E-state index in [2.05, 4.69) is 20.5 Å². The summed E-state index contributed by atoms with van der Waals surface area (Å²) in [5, 5.41) is 10.4. The summed E-state index contributed by atoms with van der Waals surface area (Å²) in [5.74, 6) is 0. The van der Waals surface area contributed by atoms with Crippen molar-refractivity contribution in [2.24, 2.45) is 0 Å². The summed E-state index contributed by atoms with van der Waals surface area (Å²) in [4.78, 5) is 15.6. The van der Waals surface area contributed by atoms with E-state index in [1.165, 1.54) is 4.40 Å². The predicted molar refractivity (Wildman–Crippen MR) is 93.9 cm³/mol. The number of pyridine rings is 2. The Labute approximate surface area is 144 Å². The van der Waals surface area contributed by atoms with E-state index < -0.39 is 0 Å². The first-order valence-electron chi connectivity index (χ1n) is 7.05. The van der Waals surface area contributed by atoms with E-state index in [0.717, 1.165) is 36.2 Å². The topological polar surface area (TPSA) is 75.1 Å². The van der Waals surface area contributed by atoms with Crippen molar-refractivity contribution in [1.82, 2.24) is 19.6 Å². The molecule has 0 aliphatic heterocycles. The number of aryl methyl sites for hydroxylation is 2. The molecule has 0 unspecified atom stereocenters. The van der Waals surface area contributed by atoms with E-state index in [-0.39, 0.29) is 18.1 Å². The van der Waals surface area contributed by atoms with Crippen molar-refractivity contribution >= 4 is 35.3 Å². The number of fused-ring (bicyclic) bond motifs is 1. The maximum atomic E-state index is 11.6. The fourth-order valence-electron chi connectivity index (χ4n) is 2.39. The van der Waals surface area contributed by atoms with Crippen molar-refractivity contribution in [2.45, 2.75) is 19.8 Å². The Morgan fingerprint density at radius 2 is 2.22 bits per heavy atom. The average Bonchev–Trinajstić information content (AvgIpc) is 2.85. The van der Waals surface area contributed by atoms with Crippen LogP contribution < -0.4 is 11.0 Å². The molecular formula is C15H17Cl2N5O. The van der Waals surface area contributed by atoms with Crippen molar-refractivity contribution in [1.29, 1.82) is 0 Å². The number of aromatic nitrogens is 4. The second-order valence-corrected chi connectivity index (χ2v) is 5.56. The van der Waals surface area contributed by atoms with Gasteiger partial charge in [-0.05, 0) is 49.1 Å². The number of hydrogen-bond donors (Lipinski definition) is 2. The Hall–Kier alpha value is -2.05. The molecule has 8 heteroatoms. The summed E-state index contributed by atoms with van der Waals surface area (Å²) >= 11 is 5.87. The van der Waals surface area contributed by atoms with E-state index in [1.807, 2.05) is 25.1 Å². The van der Waals surface area contributed by atoms with Crippen molar-refractivity contribution in [3.63, 3.8) is 0 Å². The number of hydrogen-bond acceptors (Lipinski definition) is 4. The van der Waals surface area contributed by atoms with Gasteiger partial charge in [0.1, 0.15) is 5.15 Å². The second-order valence-electron chi connectivity index (χ2n) is 5.17. The normalized spacial score (nSPS) is 10.5. The molecule has 0 saturated heterocycles. The fourth-order valence-corrected chi connectivity index (χ4v) is 2.59. The van der Waals surface area contributed by atoms with Crippen LogP contribution in [-0.2, 0) is 6.42 Å². The Morgan fingerprint density at radius 1 is 1.39 bits per heavy atom. The molecule has 0 atom stereocenters. The van der Waals surface area contributed by atoms with E-state index in [0.29, 0.717) is 10.8 Å². The SMILES string of the molecule is Cc1cc(NCCCc2ccnc(Cl)c2)c2n[nH]c(=O)n2c1.Cl. The van der Waals surface area contributed by atoms with Crippen LogP contribution in [0.3, 0.4) is 0 Å². The molecule has 3 aromatic rings. The van der Waals surface area contributed by atoms with E-state index in [4.69, 9.17) is 11.6 Å². The minimum absolute atomic E-state index is 0. The van der Waals surface area contributed by atoms with Crippen LogP contribution in [0.15, 0.2) is 35.4 Å². The van der Waals surface area contributed by atoms with Gasteiger partial charge in [-0.3, -0.25) is 0 Å². The quantitative estimate of drug-likeness (QED) is 0.546. The minimum Gasteiger partial charge on any atom is -0.382 e. The highest BCUT2D eigenvalue weighted by molar-refractivity contribution is 6.29. The van der Waals surface area contributed by atoms with Gasteiger partial charge in [0.05, 0.1) is 5.69 Å². The molecule has 0 fully saturated rings. The van der Waals surface area contributed by atoms with Crippen molar-refractivity contribution in [3.8, 4) is 0 Å². The first-order chi connectivity index (χ1) is 10.6. The third-order valence-corrected chi connectivity index (χ3v) is 3.61. The zero-order valence-corrected chi connectivity index (χ0v) is 14.1. The van der Waals surface area contributed by atoms with Gasteiger partial charge >= 0.3 is 5.69 Å². The molecule has 0 amide bonds. The zero-order chi connectivity index (χ0) is 15.5. The average molecular weight is 354 g/mol. The third kappa shape index (κ3) is 4.03. The lowest BCUT2D eigenvalue weighted by atomic mass is 10.1. The maximum Gasteiger partial charge on any atom is 0.347 e. The molecule has 0 spiro atoms. The largest absolute Gasteiger partial charge is 0.382 e. The van der Waals surface area contributed by atoms with Crippen LogP contribution in [0.5, 0.6) is 0 Å². The molecule has 0 radical (unpaired) electrons. The van der Waals surface area contributed by atoms with E-state index in [9.17, 15) is 4.79 Å². The lowest BCUT2D eigenvalue weighted by Gasteiger charge is -2.08. The number of anilines is 1. The van der Waals surface area contributed by atoms with Gasteiger partial charge in [0, 0.05) is 18.9 Å². The van der Waals surface area contributed by atoms with Gasteiger partial charge in [-0.15, -0.1) is 12.4 Å². The summed E-state index contributed by atoms with van der Waals surface area (Å²) in [6.45, 7) is 2.73. The number of nitrogens with one attached hydrogen (secondary N) is 2. The summed E-state index contributed by atoms with van der Waals surface area (Å²) < 4.78 is 1.51. The Balaban J connectivity index is 0.00000192. The van der Waals surface area contributed by atoms with Gasteiger partial charge in [-0.1, -0.05) is 11.6 Å². The Kier molecular flexibility index (Phi) is 5.63. The van der Waals surface area contributed by atoms with Gasteiger partial charge in [-0.2, -0.15) is 5.10 Å². The minimum atomic E-state index is -0.229. The maximum absolute atomic E-state index is 11.6. The summed E-state index contributed by atoms with van der Waals surface area (Å²) in [6.07, 6.45) is 5.33. The van der Waals surface area contributed by atoms with Crippen molar-refractivity contribution in [2.75, 3.05) is 11.9 Å². The monoisotopic (exact) mass is 353 g/mol. The highest BCUT2D eigenvalue weighted by Gasteiger charge is 2.06. The molecule has 122 valence electrons. The molecule has 3 heterocycles. The first-order valence-corrected chi connectivity index (χ1v) is 7.43.